The number of hydrogen-bond acceptors (Lipinski definition) is 6. The van der Waals surface area contributed by atoms with Gasteiger partial charge in [0.25, 0.3) is 0 Å². The second-order valence-electron chi connectivity index (χ2n) is 6.93. The van der Waals surface area contributed by atoms with Crippen LogP contribution in [0.4, 0.5) is 0 Å². The molecule has 0 bridgehead atoms. The van der Waals surface area contributed by atoms with Gasteiger partial charge in [0.15, 0.2) is 0 Å². The maximum absolute atomic E-state index is 4.87. The Bertz CT molecular complexity index is 1250. The number of rotatable bonds is 4. The van der Waals surface area contributed by atoms with Crippen LogP contribution in [-0.4, -0.2) is 36.9 Å². The van der Waals surface area contributed by atoms with Gasteiger partial charge in [0.1, 0.15) is 0 Å². The predicted octanol–water partition coefficient (Wildman–Crippen LogP) is 4.59. The summed E-state index contributed by atoms with van der Waals surface area (Å²) in [5.74, 6) is 0. The van der Waals surface area contributed by atoms with Crippen molar-refractivity contribution in [2.45, 2.75) is 0 Å². The molecule has 0 atom stereocenters. The number of hydrazone groups is 2. The van der Waals surface area contributed by atoms with Crippen LogP contribution in [0.1, 0.15) is 11.1 Å². The maximum Gasteiger partial charge on any atom is 2.00 e. The van der Waals surface area contributed by atoms with E-state index >= 15 is 0 Å². The normalized spacial score (nSPS) is 11.8. The zero-order chi connectivity index (χ0) is 24.2. The molecule has 180 valence electrons. The Morgan fingerprint density at radius 2 is 0.971 bits per heavy atom. The molecular formula is C26H24N6NiS2. The second kappa shape index (κ2) is 14.8. The summed E-state index contributed by atoms with van der Waals surface area (Å²) in [6.07, 6.45) is 3.50. The summed E-state index contributed by atoms with van der Waals surface area (Å²) in [6, 6.07) is 28.5. The summed E-state index contributed by atoms with van der Waals surface area (Å²) in [7, 11) is 3.26. The van der Waals surface area contributed by atoms with Gasteiger partial charge in [-0.2, -0.15) is 10.2 Å². The van der Waals surface area contributed by atoms with Crippen molar-refractivity contribution in [2.75, 3.05) is 14.1 Å². The molecule has 0 aliphatic carbocycles. The molecule has 2 N–H and O–H groups in total. The first-order valence-electron chi connectivity index (χ1n) is 10.4. The van der Waals surface area contributed by atoms with Crippen molar-refractivity contribution in [3.05, 3.63) is 96.1 Å². The van der Waals surface area contributed by atoms with E-state index in [1.165, 1.54) is 21.5 Å². The van der Waals surface area contributed by atoms with E-state index in [9.17, 15) is 0 Å². The van der Waals surface area contributed by atoms with Crippen LogP contribution in [0.5, 0.6) is 0 Å². The van der Waals surface area contributed by atoms with Crippen molar-refractivity contribution < 1.29 is 16.5 Å². The van der Waals surface area contributed by atoms with E-state index in [4.69, 9.17) is 25.3 Å². The van der Waals surface area contributed by atoms with Crippen LogP contribution in [-0.2, 0) is 41.7 Å². The van der Waals surface area contributed by atoms with Crippen LogP contribution in [0.2, 0.25) is 0 Å². The SMILES string of the molecule is CN=C([S-])N/N=C\c1cccc2ccccc12.CN=C([S-])N/N=C\c1cccc2ccccc12.[Ni+2]. The topological polar surface area (TPSA) is 73.5 Å². The molecule has 0 aliphatic heterocycles. The van der Waals surface area contributed by atoms with Crippen LogP contribution >= 0.6 is 0 Å². The van der Waals surface area contributed by atoms with Crippen molar-refractivity contribution in [3.63, 3.8) is 0 Å². The summed E-state index contributed by atoms with van der Waals surface area (Å²) in [5.41, 5.74) is 7.46. The summed E-state index contributed by atoms with van der Waals surface area (Å²) in [6.45, 7) is 0. The molecule has 4 aromatic rings. The van der Waals surface area contributed by atoms with Crippen LogP contribution in [0.15, 0.2) is 105 Å². The largest absolute Gasteiger partial charge is 2.00 e. The van der Waals surface area contributed by atoms with Gasteiger partial charge in [0, 0.05) is 25.2 Å². The Balaban J connectivity index is 0.000000240. The Morgan fingerprint density at radius 1 is 0.600 bits per heavy atom. The zero-order valence-corrected chi connectivity index (χ0v) is 21.8. The van der Waals surface area contributed by atoms with Crippen LogP contribution in [0, 0.1) is 0 Å². The molecule has 35 heavy (non-hydrogen) atoms. The minimum Gasteiger partial charge on any atom is -0.741 e. The number of nitrogens with one attached hydrogen (secondary N) is 2. The summed E-state index contributed by atoms with van der Waals surface area (Å²) in [4.78, 5) is 7.58. The maximum atomic E-state index is 4.87. The molecule has 0 spiro atoms. The van der Waals surface area contributed by atoms with Crippen LogP contribution in [0.3, 0.4) is 0 Å². The van der Waals surface area contributed by atoms with Gasteiger partial charge in [-0.05, 0) is 31.9 Å². The molecular weight excluding hydrogens is 519 g/mol. The monoisotopic (exact) mass is 542 g/mol. The third kappa shape index (κ3) is 8.40. The summed E-state index contributed by atoms with van der Waals surface area (Å²) >= 11 is 9.75. The molecule has 4 rings (SSSR count). The first-order chi connectivity index (χ1) is 16.6. The van der Waals surface area contributed by atoms with Gasteiger partial charge in [-0.25, -0.2) is 0 Å². The van der Waals surface area contributed by atoms with Crippen molar-refractivity contribution >= 4 is 69.6 Å². The smallest absolute Gasteiger partial charge is 0.741 e. The van der Waals surface area contributed by atoms with Crippen molar-refractivity contribution in [1.29, 1.82) is 0 Å². The van der Waals surface area contributed by atoms with Gasteiger partial charge < -0.3 is 25.3 Å². The molecule has 0 radical (unpaired) electrons. The minimum atomic E-state index is 0. The van der Waals surface area contributed by atoms with Crippen molar-refractivity contribution in [3.8, 4) is 0 Å². The first-order valence-corrected chi connectivity index (χ1v) is 11.3. The molecule has 0 aromatic heterocycles. The van der Waals surface area contributed by atoms with E-state index in [0.717, 1.165) is 11.1 Å². The standard InChI is InChI=1S/2C13H13N3S.Ni/c2*1-14-13(17)16-15-9-11-7-4-6-10-5-2-3-8-12(10)11;/h2*2-9H,1H3,(H2,14,16,17);/q;;+2/p-2/b2*15-9-;. The molecule has 0 aliphatic rings. The van der Waals surface area contributed by atoms with E-state index in [-0.39, 0.29) is 16.5 Å². The molecule has 0 unspecified atom stereocenters. The number of fused-ring (bicyclic) bond motifs is 2. The van der Waals surface area contributed by atoms with E-state index < -0.39 is 0 Å². The van der Waals surface area contributed by atoms with Gasteiger partial charge in [0.05, 0.1) is 12.4 Å². The second-order valence-corrected chi connectivity index (χ2v) is 7.71. The van der Waals surface area contributed by atoms with Crippen molar-refractivity contribution in [1.82, 2.24) is 10.9 Å². The Morgan fingerprint density at radius 3 is 1.37 bits per heavy atom. The fourth-order valence-corrected chi connectivity index (χ4v) is 3.25. The molecule has 6 nitrogen and oxygen atoms in total. The van der Waals surface area contributed by atoms with E-state index in [1.54, 1.807) is 26.5 Å². The third-order valence-corrected chi connectivity index (χ3v) is 5.33. The molecule has 0 saturated heterocycles. The number of nitrogens with zero attached hydrogens (tertiary/aromatic N) is 4. The summed E-state index contributed by atoms with van der Waals surface area (Å²) < 4.78 is 0. The van der Waals surface area contributed by atoms with E-state index in [1.807, 2.05) is 48.5 Å². The van der Waals surface area contributed by atoms with Gasteiger partial charge in [-0.1, -0.05) is 84.9 Å². The predicted molar refractivity (Wildman–Crippen MR) is 151 cm³/mol. The molecule has 0 fully saturated rings. The van der Waals surface area contributed by atoms with E-state index in [0.29, 0.717) is 10.3 Å². The fraction of sp³-hybridized carbons (Fsp3) is 0.0769. The molecule has 0 heterocycles. The molecule has 9 heteroatoms. The average molecular weight is 543 g/mol. The fourth-order valence-electron chi connectivity index (χ4n) is 3.14. The Kier molecular flexibility index (Phi) is 11.8. The zero-order valence-electron chi connectivity index (χ0n) is 19.2. The number of hydrogen-bond donors (Lipinski definition) is 2. The van der Waals surface area contributed by atoms with Gasteiger partial charge >= 0.3 is 16.5 Å². The minimum absolute atomic E-state index is 0. The third-order valence-electron chi connectivity index (χ3n) is 4.78. The quantitative estimate of drug-likeness (QED) is 0.130. The number of amidine groups is 2. The van der Waals surface area contributed by atoms with Crippen molar-refractivity contribution in [2.24, 2.45) is 20.2 Å². The molecule has 0 amide bonds. The first kappa shape index (κ1) is 27.9. The van der Waals surface area contributed by atoms with Crippen LogP contribution in [0.25, 0.3) is 21.5 Å². The Labute approximate surface area is 226 Å². The summed E-state index contributed by atoms with van der Waals surface area (Å²) in [5, 5.41) is 13.6. The number of benzene rings is 4. The van der Waals surface area contributed by atoms with Gasteiger partial charge in [-0.15, -0.1) is 0 Å². The van der Waals surface area contributed by atoms with Crippen LogP contribution < -0.4 is 10.9 Å². The Hall–Kier alpha value is -3.39. The average Bonchev–Trinajstić information content (AvgIpc) is 2.89. The van der Waals surface area contributed by atoms with E-state index in [2.05, 4.69) is 67.4 Å². The molecule has 0 saturated carbocycles. The van der Waals surface area contributed by atoms with Gasteiger partial charge in [0.2, 0.25) is 0 Å². The number of aliphatic imine (C=N–C) groups is 2. The van der Waals surface area contributed by atoms with Gasteiger partial charge in [-0.3, -0.25) is 20.8 Å². The molecule has 4 aromatic carbocycles.